The van der Waals surface area contributed by atoms with E-state index in [-0.39, 0.29) is 73.9 Å². The summed E-state index contributed by atoms with van der Waals surface area (Å²) in [6.07, 6.45) is 0. The average molecular weight is 419 g/mol. The van der Waals surface area contributed by atoms with E-state index in [1.54, 1.807) is 0 Å². The minimum Gasteiger partial charge on any atom is -1.00 e. The summed E-state index contributed by atoms with van der Waals surface area (Å²) in [5, 5.41) is 36.0. The monoisotopic (exact) mass is 419 g/mol. The Hall–Kier alpha value is -0.0753. The first kappa shape index (κ1) is 37.0. The molecule has 0 aromatic heterocycles. The van der Waals surface area contributed by atoms with Crippen molar-refractivity contribution >= 4 is 0 Å². The predicted octanol–water partition coefficient (Wildman–Crippen LogP) is -1.88. The van der Waals surface area contributed by atoms with Crippen LogP contribution in [0, 0.1) is 40.5 Å². The third kappa shape index (κ3) is 251000. The maximum Gasteiger partial charge on any atom is 2.00 e. The normalized spacial score (nSPS) is 3.43. The molecule has 0 N–H and O–H groups in total. The van der Waals surface area contributed by atoms with Crippen LogP contribution in [0.5, 0.6) is 0 Å². The molecule has 0 aromatic rings. The van der Waals surface area contributed by atoms with Gasteiger partial charge in [0.1, 0.15) is 0 Å². The summed E-state index contributed by atoms with van der Waals surface area (Å²) in [6, 6.07) is 0. The molecule has 14 heteroatoms. The quantitative estimate of drug-likeness (QED) is 0.246. The second-order valence-electron chi connectivity index (χ2n) is 0.298. The summed E-state index contributed by atoms with van der Waals surface area (Å²) in [4.78, 5) is 32.0. The van der Waals surface area contributed by atoms with Crippen molar-refractivity contribution in [2.24, 2.45) is 21.4 Å². The van der Waals surface area contributed by atoms with E-state index in [1.807, 2.05) is 0 Å². The van der Waals surface area contributed by atoms with Crippen molar-refractivity contribution in [1.82, 2.24) is 0 Å². The first-order valence-corrected chi connectivity index (χ1v) is 1.46. The fourth-order valence-electron chi connectivity index (χ4n) is 0. The van der Waals surface area contributed by atoms with Gasteiger partial charge in [-0.1, -0.05) is 0 Å². The van der Waals surface area contributed by atoms with Crippen LogP contribution in [0.25, 0.3) is 0 Å². The summed E-state index contributed by atoms with van der Waals surface area (Å²) in [7, 11) is 0. The molecule has 0 amide bonds. The molecule has 0 aliphatic rings. The van der Waals surface area contributed by atoms with E-state index < -0.39 is 0 Å². The number of nitrogens with zero attached hydrogens (tertiary/aromatic N) is 4. The summed E-state index contributed by atoms with van der Waals surface area (Å²) in [5.41, 5.74) is 0. The second-order valence-corrected chi connectivity index (χ2v) is 0.298. The Kier molecular flexibility index (Phi) is 316. The van der Waals surface area contributed by atoms with E-state index in [4.69, 9.17) is 40.5 Å². The van der Waals surface area contributed by atoms with Crippen molar-refractivity contribution in [3.8, 4) is 0 Å². The van der Waals surface area contributed by atoms with Gasteiger partial charge in [0, 0.05) is 0 Å². The van der Waals surface area contributed by atoms with Gasteiger partial charge in [-0.25, -0.2) is 0 Å². The van der Waals surface area contributed by atoms with Crippen LogP contribution in [-0.2, 0) is 21.1 Å². The molecular weight excluding hydrogens is 418 g/mol. The van der Waals surface area contributed by atoms with Crippen LogP contribution >= 0.6 is 0 Å². The molecule has 0 spiro atoms. The zero-order valence-corrected chi connectivity index (χ0v) is 11.8. The van der Waals surface area contributed by atoms with Crippen LogP contribution in [0.1, 0.15) is 1.43 Å². The van der Waals surface area contributed by atoms with Gasteiger partial charge in [0.15, 0.2) is 0 Å². The van der Waals surface area contributed by atoms with Gasteiger partial charge in [-0.3, -0.25) is 0 Å². The molecular formula is HKN4O8Pt-2. The minimum absolute atomic E-state index is 0. The average Bonchev–Trinajstić information content (AvgIpc) is 1.92. The Morgan fingerprint density at radius 3 is 0.643 bits per heavy atom. The molecule has 0 saturated heterocycles. The topological polar surface area (TPSA) is 210 Å². The van der Waals surface area contributed by atoms with Crippen LogP contribution in [0.15, 0.2) is 21.4 Å². The zero-order valence-electron chi connectivity index (χ0n) is 7.37. The van der Waals surface area contributed by atoms with Gasteiger partial charge in [0.05, 0.1) is 0 Å². The summed E-state index contributed by atoms with van der Waals surface area (Å²) in [5.74, 6) is 0. The molecule has 12 nitrogen and oxygen atoms in total. The first-order chi connectivity index (χ1) is 5.66. The summed E-state index contributed by atoms with van der Waals surface area (Å²) < 4.78 is 0. The fraction of sp³-hybridized carbons (Fsp3) is 0. The Morgan fingerprint density at radius 2 is 0.643 bits per heavy atom. The third-order valence-electron chi connectivity index (χ3n) is 0. The van der Waals surface area contributed by atoms with E-state index in [0.717, 1.165) is 21.4 Å². The van der Waals surface area contributed by atoms with Crippen molar-refractivity contribution in [2.75, 3.05) is 0 Å². The van der Waals surface area contributed by atoms with Crippen LogP contribution in [0.2, 0.25) is 0 Å². The fourth-order valence-corrected chi connectivity index (χ4v) is 0. The Balaban J connectivity index is -0.0000000107. The summed E-state index contributed by atoms with van der Waals surface area (Å²) >= 11 is 0. The SMILES string of the molecule is O=N[O-].O=N[O-].O=N[O-].O=N[O-].[H-].[K+].[Pt+2]. The number of hydrogen-bond donors (Lipinski definition) is 0. The van der Waals surface area contributed by atoms with Gasteiger partial charge < -0.3 is 41.9 Å². The number of rotatable bonds is 0. The van der Waals surface area contributed by atoms with Crippen molar-refractivity contribution in [3.05, 3.63) is 40.5 Å². The van der Waals surface area contributed by atoms with E-state index in [9.17, 15) is 0 Å². The van der Waals surface area contributed by atoms with E-state index in [0.29, 0.717) is 0 Å². The molecule has 0 heterocycles. The summed E-state index contributed by atoms with van der Waals surface area (Å²) in [6.45, 7) is 0. The molecule has 0 fully saturated rings. The molecule has 82 valence electrons. The van der Waals surface area contributed by atoms with Crippen molar-refractivity contribution in [2.45, 2.75) is 0 Å². The predicted molar refractivity (Wildman–Crippen MR) is 37.8 cm³/mol. The molecule has 0 aliphatic heterocycles. The Labute approximate surface area is 134 Å². The van der Waals surface area contributed by atoms with Crippen LogP contribution in [0.4, 0.5) is 0 Å². The van der Waals surface area contributed by atoms with Crippen LogP contribution < -0.4 is 51.4 Å². The molecule has 0 aromatic carbocycles. The number of hydrogen-bond acceptors (Lipinski definition) is 12. The molecule has 0 radical (unpaired) electrons. The maximum absolute atomic E-state index is 8.00. The van der Waals surface area contributed by atoms with Gasteiger partial charge >= 0.3 is 72.4 Å². The molecule has 14 heavy (non-hydrogen) atoms. The van der Waals surface area contributed by atoms with Gasteiger partial charge in [-0.2, -0.15) is 0 Å². The second kappa shape index (κ2) is 119. The smallest absolute Gasteiger partial charge is 1.00 e. The molecule has 0 bridgehead atoms. The van der Waals surface area contributed by atoms with Crippen LogP contribution in [0.3, 0.4) is 0 Å². The largest absolute Gasteiger partial charge is 2.00 e. The Bertz CT molecular complexity index is 80.6. The molecule has 0 saturated carbocycles. The van der Waals surface area contributed by atoms with E-state index in [2.05, 4.69) is 0 Å². The van der Waals surface area contributed by atoms with E-state index >= 15 is 0 Å². The van der Waals surface area contributed by atoms with E-state index in [1.165, 1.54) is 0 Å². The van der Waals surface area contributed by atoms with Gasteiger partial charge in [-0.05, 0) is 0 Å². The standard InChI is InChI=1S/K.4HNO2.Pt.H/c;4*2-1-3;;/h;4*(H,2,3);;/q+1;;;;;+2;-1/p-4. The maximum atomic E-state index is 8.00. The molecule has 0 atom stereocenters. The van der Waals surface area contributed by atoms with Gasteiger partial charge in [0.25, 0.3) is 0 Å². The zero-order chi connectivity index (χ0) is 10.8. The van der Waals surface area contributed by atoms with Crippen molar-refractivity contribution < 1.29 is 73.9 Å². The van der Waals surface area contributed by atoms with Crippen molar-refractivity contribution in [1.29, 1.82) is 0 Å². The van der Waals surface area contributed by atoms with Gasteiger partial charge in [-0.15, -0.1) is 21.4 Å². The van der Waals surface area contributed by atoms with Crippen LogP contribution in [-0.4, -0.2) is 0 Å². The molecule has 0 rings (SSSR count). The third-order valence-corrected chi connectivity index (χ3v) is 0. The first-order valence-electron chi connectivity index (χ1n) is 1.46. The Morgan fingerprint density at radius 1 is 0.643 bits per heavy atom. The van der Waals surface area contributed by atoms with Gasteiger partial charge in [0.2, 0.25) is 0 Å². The minimum atomic E-state index is 0. The molecule has 0 aliphatic carbocycles. The molecule has 0 unspecified atom stereocenters. The van der Waals surface area contributed by atoms with Crippen molar-refractivity contribution in [3.63, 3.8) is 0 Å².